The van der Waals surface area contributed by atoms with Crippen LogP contribution in [-0.4, -0.2) is 35.4 Å². The molecule has 1 amide bonds. The van der Waals surface area contributed by atoms with Crippen molar-refractivity contribution in [2.24, 2.45) is 11.1 Å². The minimum absolute atomic E-state index is 0. The molecule has 1 atom stereocenters. The highest BCUT2D eigenvalue weighted by Gasteiger charge is 2.35. The van der Waals surface area contributed by atoms with E-state index in [1.165, 1.54) is 0 Å². The van der Waals surface area contributed by atoms with Gasteiger partial charge in [0, 0.05) is 24.0 Å². The minimum Gasteiger partial charge on any atom is -0.487 e. The summed E-state index contributed by atoms with van der Waals surface area (Å²) in [5.41, 5.74) is 7.43. The van der Waals surface area contributed by atoms with E-state index in [0.717, 1.165) is 23.7 Å². The molecule has 26 heavy (non-hydrogen) atoms. The number of benzene rings is 1. The van der Waals surface area contributed by atoms with Crippen molar-refractivity contribution in [2.75, 3.05) is 19.6 Å². The van der Waals surface area contributed by atoms with Gasteiger partial charge < -0.3 is 15.4 Å². The Hall–Kier alpha value is -1.34. The van der Waals surface area contributed by atoms with Crippen molar-refractivity contribution in [2.45, 2.75) is 26.9 Å². The molecular weight excluding hydrogens is 393 g/mol. The van der Waals surface area contributed by atoms with E-state index in [2.05, 4.69) is 11.9 Å². The van der Waals surface area contributed by atoms with E-state index in [9.17, 15) is 4.79 Å². The Balaban J connectivity index is 0.00000169. The summed E-state index contributed by atoms with van der Waals surface area (Å²) in [5, 5.41) is 3.01. The molecule has 1 aliphatic heterocycles. The Morgan fingerprint density at radius 3 is 2.81 bits per heavy atom. The number of ether oxygens (including phenoxy) is 1. The molecule has 1 aromatic heterocycles. The number of aryl methyl sites for hydroxylation is 1. The SMILES string of the molecule is Cc1nc(COc2cccc(C(=O)N3CCC(C)(CN)C3)c2)cs1.Cl.Cl. The molecule has 2 aromatic rings. The normalized spacial score (nSPS) is 18.8. The molecule has 5 nitrogen and oxygen atoms in total. The number of carbonyl (C=O) groups excluding carboxylic acids is 1. The number of halogens is 2. The Bertz CT molecular complexity index is 741. The summed E-state index contributed by atoms with van der Waals surface area (Å²) >= 11 is 1.60. The Labute approximate surface area is 170 Å². The van der Waals surface area contributed by atoms with Gasteiger partial charge in [0.05, 0.1) is 10.7 Å². The van der Waals surface area contributed by atoms with Gasteiger partial charge in [-0.15, -0.1) is 36.2 Å². The highest BCUT2D eigenvalue weighted by atomic mass is 35.5. The molecule has 1 saturated heterocycles. The second kappa shape index (κ2) is 9.55. The quantitative estimate of drug-likeness (QED) is 0.804. The van der Waals surface area contributed by atoms with E-state index in [0.29, 0.717) is 31.0 Å². The van der Waals surface area contributed by atoms with E-state index in [-0.39, 0.29) is 36.1 Å². The van der Waals surface area contributed by atoms with Crippen LogP contribution in [0.3, 0.4) is 0 Å². The molecule has 1 unspecified atom stereocenters. The second-order valence-corrected chi connectivity index (χ2v) is 7.73. The molecule has 2 N–H and O–H groups in total. The lowest BCUT2D eigenvalue weighted by Gasteiger charge is -2.22. The van der Waals surface area contributed by atoms with Gasteiger partial charge in [0.2, 0.25) is 0 Å². The number of rotatable bonds is 5. The van der Waals surface area contributed by atoms with Gasteiger partial charge in [-0.2, -0.15) is 0 Å². The van der Waals surface area contributed by atoms with E-state index >= 15 is 0 Å². The first-order valence-corrected chi connectivity index (χ1v) is 9.00. The van der Waals surface area contributed by atoms with E-state index in [1.807, 2.05) is 35.4 Å². The number of nitrogens with zero attached hydrogens (tertiary/aromatic N) is 2. The van der Waals surface area contributed by atoms with Crippen LogP contribution in [0.15, 0.2) is 29.6 Å². The van der Waals surface area contributed by atoms with Crippen LogP contribution in [0.4, 0.5) is 0 Å². The van der Waals surface area contributed by atoms with Gasteiger partial charge in [-0.05, 0) is 43.5 Å². The summed E-state index contributed by atoms with van der Waals surface area (Å²) in [4.78, 5) is 19.0. The zero-order chi connectivity index (χ0) is 17.2. The summed E-state index contributed by atoms with van der Waals surface area (Å²) in [6, 6.07) is 7.36. The monoisotopic (exact) mass is 417 g/mol. The fourth-order valence-electron chi connectivity index (χ4n) is 2.90. The summed E-state index contributed by atoms with van der Waals surface area (Å²) in [5.74, 6) is 0.731. The summed E-state index contributed by atoms with van der Waals surface area (Å²) < 4.78 is 5.77. The van der Waals surface area contributed by atoms with Crippen LogP contribution in [0.2, 0.25) is 0 Å². The molecule has 1 aliphatic rings. The van der Waals surface area contributed by atoms with Gasteiger partial charge in [-0.3, -0.25) is 4.79 Å². The van der Waals surface area contributed by atoms with Crippen molar-refractivity contribution in [3.63, 3.8) is 0 Å². The molecular formula is C18H25Cl2N3O2S. The third kappa shape index (κ3) is 5.33. The Morgan fingerprint density at radius 2 is 2.19 bits per heavy atom. The minimum atomic E-state index is 0. The molecule has 0 radical (unpaired) electrons. The molecule has 3 rings (SSSR count). The van der Waals surface area contributed by atoms with Crippen molar-refractivity contribution in [3.8, 4) is 5.75 Å². The predicted molar refractivity (Wildman–Crippen MR) is 110 cm³/mol. The van der Waals surface area contributed by atoms with Crippen molar-refractivity contribution >= 4 is 42.1 Å². The summed E-state index contributed by atoms with van der Waals surface area (Å²) in [7, 11) is 0. The third-order valence-corrected chi connectivity index (χ3v) is 5.29. The molecule has 1 fully saturated rings. The molecule has 144 valence electrons. The van der Waals surface area contributed by atoms with Crippen LogP contribution in [0.1, 0.15) is 34.4 Å². The van der Waals surface area contributed by atoms with Crippen LogP contribution < -0.4 is 10.5 Å². The maximum absolute atomic E-state index is 12.7. The number of likely N-dealkylation sites (tertiary alicyclic amines) is 1. The number of hydrogen-bond donors (Lipinski definition) is 1. The van der Waals surface area contributed by atoms with Gasteiger partial charge in [0.25, 0.3) is 5.91 Å². The molecule has 0 spiro atoms. The fraction of sp³-hybridized carbons (Fsp3) is 0.444. The van der Waals surface area contributed by atoms with Crippen LogP contribution >= 0.6 is 36.2 Å². The fourth-order valence-corrected chi connectivity index (χ4v) is 3.49. The average Bonchev–Trinajstić information content (AvgIpc) is 3.19. The van der Waals surface area contributed by atoms with E-state index < -0.39 is 0 Å². The van der Waals surface area contributed by atoms with Crippen molar-refractivity contribution in [1.82, 2.24) is 9.88 Å². The first kappa shape index (κ1) is 22.7. The van der Waals surface area contributed by atoms with Gasteiger partial charge in [0.1, 0.15) is 12.4 Å². The summed E-state index contributed by atoms with van der Waals surface area (Å²) in [6.07, 6.45) is 0.953. The maximum Gasteiger partial charge on any atom is 0.254 e. The van der Waals surface area contributed by atoms with Gasteiger partial charge in [-0.25, -0.2) is 4.98 Å². The number of thiazole rings is 1. The lowest BCUT2D eigenvalue weighted by molar-refractivity contribution is 0.0776. The first-order chi connectivity index (χ1) is 11.5. The van der Waals surface area contributed by atoms with Crippen LogP contribution in [0, 0.1) is 12.3 Å². The van der Waals surface area contributed by atoms with E-state index in [1.54, 1.807) is 17.4 Å². The number of hydrogen-bond acceptors (Lipinski definition) is 5. The molecule has 1 aromatic carbocycles. The van der Waals surface area contributed by atoms with Gasteiger partial charge in [0.15, 0.2) is 0 Å². The molecule has 0 aliphatic carbocycles. The molecule has 2 heterocycles. The lowest BCUT2D eigenvalue weighted by Crippen LogP contribution is -2.34. The lowest BCUT2D eigenvalue weighted by atomic mass is 9.90. The maximum atomic E-state index is 12.7. The largest absolute Gasteiger partial charge is 0.487 e. The van der Waals surface area contributed by atoms with Crippen LogP contribution in [0.5, 0.6) is 5.75 Å². The average molecular weight is 418 g/mol. The topological polar surface area (TPSA) is 68.5 Å². The molecule has 8 heteroatoms. The van der Waals surface area contributed by atoms with Crippen molar-refractivity contribution < 1.29 is 9.53 Å². The molecule has 0 saturated carbocycles. The number of aromatic nitrogens is 1. The highest BCUT2D eigenvalue weighted by molar-refractivity contribution is 7.09. The Morgan fingerprint density at radius 1 is 1.42 bits per heavy atom. The number of amides is 1. The van der Waals surface area contributed by atoms with E-state index in [4.69, 9.17) is 10.5 Å². The highest BCUT2D eigenvalue weighted by Crippen LogP contribution is 2.30. The van der Waals surface area contributed by atoms with Gasteiger partial charge >= 0.3 is 0 Å². The van der Waals surface area contributed by atoms with Crippen molar-refractivity contribution in [3.05, 3.63) is 45.9 Å². The van der Waals surface area contributed by atoms with Crippen LogP contribution in [0.25, 0.3) is 0 Å². The smallest absolute Gasteiger partial charge is 0.254 e. The van der Waals surface area contributed by atoms with Crippen molar-refractivity contribution in [1.29, 1.82) is 0 Å². The Kier molecular flexibility index (Phi) is 8.34. The predicted octanol–water partition coefficient (Wildman–Crippen LogP) is 3.69. The standard InChI is InChI=1S/C18H23N3O2S.2ClH/c1-13-20-15(10-24-13)9-23-16-5-3-4-14(8-16)17(22)21-7-6-18(2,11-19)12-21;;/h3-5,8,10H,6-7,9,11-12,19H2,1-2H3;2*1H. The zero-order valence-electron chi connectivity index (χ0n) is 14.9. The van der Waals surface area contributed by atoms with Gasteiger partial charge in [-0.1, -0.05) is 13.0 Å². The number of carbonyl (C=O) groups is 1. The molecule has 0 bridgehead atoms. The van der Waals surface area contributed by atoms with Crippen LogP contribution in [-0.2, 0) is 6.61 Å². The number of nitrogens with two attached hydrogens (primary N) is 1. The second-order valence-electron chi connectivity index (χ2n) is 6.67. The zero-order valence-corrected chi connectivity index (χ0v) is 17.4. The summed E-state index contributed by atoms with van der Waals surface area (Å²) in [6.45, 7) is 6.60. The third-order valence-electron chi connectivity index (χ3n) is 4.47. The first-order valence-electron chi connectivity index (χ1n) is 8.12.